The van der Waals surface area contributed by atoms with E-state index < -0.39 is 17.7 Å². The number of piperazine rings is 1. The third-order valence-corrected chi connectivity index (χ3v) is 7.35. The minimum Gasteiger partial charge on any atom is -0.444 e. The van der Waals surface area contributed by atoms with Crippen LogP contribution >= 0.6 is 0 Å². The summed E-state index contributed by atoms with van der Waals surface area (Å²) in [7, 11) is 0. The van der Waals surface area contributed by atoms with Gasteiger partial charge in [0.2, 0.25) is 5.91 Å². The van der Waals surface area contributed by atoms with Crippen molar-refractivity contribution in [3.63, 3.8) is 0 Å². The van der Waals surface area contributed by atoms with E-state index in [0.29, 0.717) is 17.8 Å². The molecule has 222 valence electrons. The first kappa shape index (κ1) is 29.6. The van der Waals surface area contributed by atoms with Crippen molar-refractivity contribution < 1.29 is 19.1 Å². The van der Waals surface area contributed by atoms with E-state index in [2.05, 4.69) is 9.88 Å². The molecule has 0 spiro atoms. The minimum absolute atomic E-state index is 0.0268. The lowest BCUT2D eigenvalue weighted by Crippen LogP contribution is -2.58. The highest BCUT2D eigenvalue weighted by Crippen LogP contribution is 2.33. The molecule has 2 heterocycles. The van der Waals surface area contributed by atoms with Crippen LogP contribution < -0.4 is 5.32 Å². The fourth-order valence-corrected chi connectivity index (χ4v) is 5.48. The van der Waals surface area contributed by atoms with Gasteiger partial charge in [0.25, 0.3) is 5.91 Å². The number of para-hydroxylation sites is 2. The van der Waals surface area contributed by atoms with Gasteiger partial charge in [-0.3, -0.25) is 9.59 Å². The first-order valence-corrected chi connectivity index (χ1v) is 14.6. The van der Waals surface area contributed by atoms with Crippen LogP contribution in [0.15, 0.2) is 97.1 Å². The average Bonchev–Trinajstić information content (AvgIpc) is 3.34. The predicted octanol–water partition coefficient (Wildman–Crippen LogP) is 6.54. The molecule has 5 rings (SSSR count). The number of nitrogens with zero attached hydrogens (tertiary/aromatic N) is 3. The summed E-state index contributed by atoms with van der Waals surface area (Å²) >= 11 is 0. The van der Waals surface area contributed by atoms with Gasteiger partial charge in [0.15, 0.2) is 0 Å². The van der Waals surface area contributed by atoms with Crippen LogP contribution in [0.3, 0.4) is 0 Å². The summed E-state index contributed by atoms with van der Waals surface area (Å²) in [6, 6.07) is 30.4. The highest BCUT2D eigenvalue weighted by atomic mass is 16.6. The summed E-state index contributed by atoms with van der Waals surface area (Å²) in [5.41, 5.74) is 4.13. The molecular weight excluding hydrogens is 540 g/mol. The van der Waals surface area contributed by atoms with Gasteiger partial charge in [0.1, 0.15) is 5.60 Å². The van der Waals surface area contributed by atoms with E-state index in [-0.39, 0.29) is 31.3 Å². The number of rotatable bonds is 6. The van der Waals surface area contributed by atoms with Gasteiger partial charge in [-0.15, -0.1) is 0 Å². The van der Waals surface area contributed by atoms with Crippen LogP contribution in [0.25, 0.3) is 16.9 Å². The summed E-state index contributed by atoms with van der Waals surface area (Å²) in [4.78, 5) is 44.1. The van der Waals surface area contributed by atoms with Crippen LogP contribution in [0, 0.1) is 6.92 Å². The SMILES string of the molecule is Cc1cc(C(=O)N2CCN(C(=O)OC(C)(C)C)CC2CC(=O)Nc2ccccc2)c(-c2ccccc2)n1-c1ccccc1. The molecule has 1 atom stereocenters. The van der Waals surface area contributed by atoms with Gasteiger partial charge >= 0.3 is 6.09 Å². The van der Waals surface area contributed by atoms with E-state index in [9.17, 15) is 14.4 Å². The quantitative estimate of drug-likeness (QED) is 0.282. The molecule has 1 fully saturated rings. The van der Waals surface area contributed by atoms with E-state index >= 15 is 0 Å². The number of carbonyl (C=O) groups is 3. The molecule has 1 unspecified atom stereocenters. The zero-order valence-electron chi connectivity index (χ0n) is 25.1. The van der Waals surface area contributed by atoms with Crippen molar-refractivity contribution in [3.8, 4) is 16.9 Å². The largest absolute Gasteiger partial charge is 0.444 e. The second-order valence-corrected chi connectivity index (χ2v) is 11.8. The fourth-order valence-electron chi connectivity index (χ4n) is 5.48. The van der Waals surface area contributed by atoms with Gasteiger partial charge in [-0.05, 0) is 63.6 Å². The molecule has 0 radical (unpaired) electrons. The van der Waals surface area contributed by atoms with E-state index in [4.69, 9.17) is 4.74 Å². The third kappa shape index (κ3) is 6.97. The molecule has 8 heteroatoms. The fraction of sp³-hybridized carbons (Fsp3) is 0.286. The number of hydrogen-bond acceptors (Lipinski definition) is 4. The molecule has 3 aromatic carbocycles. The molecule has 4 aromatic rings. The molecule has 8 nitrogen and oxygen atoms in total. The molecular formula is C35H38N4O4. The summed E-state index contributed by atoms with van der Waals surface area (Å²) in [6.45, 7) is 8.20. The van der Waals surface area contributed by atoms with Crippen molar-refractivity contribution in [2.45, 2.75) is 45.8 Å². The van der Waals surface area contributed by atoms with Gasteiger partial charge in [0, 0.05) is 43.1 Å². The summed E-state index contributed by atoms with van der Waals surface area (Å²) < 4.78 is 7.73. The number of aromatic nitrogens is 1. The molecule has 1 N–H and O–H groups in total. The number of amides is 3. The van der Waals surface area contributed by atoms with E-state index in [1.165, 1.54) is 0 Å². The zero-order valence-corrected chi connectivity index (χ0v) is 25.1. The maximum absolute atomic E-state index is 14.5. The Balaban J connectivity index is 1.50. The second-order valence-electron chi connectivity index (χ2n) is 11.8. The van der Waals surface area contributed by atoms with E-state index in [1.807, 2.05) is 125 Å². The van der Waals surface area contributed by atoms with Crippen molar-refractivity contribution in [1.82, 2.24) is 14.4 Å². The minimum atomic E-state index is -0.660. The maximum atomic E-state index is 14.5. The number of hydrogen-bond donors (Lipinski definition) is 1. The lowest BCUT2D eigenvalue weighted by Gasteiger charge is -2.41. The van der Waals surface area contributed by atoms with Crippen LogP contribution in [-0.2, 0) is 9.53 Å². The summed E-state index contributed by atoms with van der Waals surface area (Å²) in [6.07, 6.45) is -0.428. The van der Waals surface area contributed by atoms with Crippen LogP contribution in [0.1, 0.15) is 43.2 Å². The van der Waals surface area contributed by atoms with Crippen molar-refractivity contribution >= 4 is 23.6 Å². The van der Waals surface area contributed by atoms with Gasteiger partial charge in [-0.25, -0.2) is 4.79 Å². The lowest BCUT2D eigenvalue weighted by atomic mass is 10.0. The van der Waals surface area contributed by atoms with Crippen LogP contribution in [0.5, 0.6) is 0 Å². The Bertz CT molecular complexity index is 1580. The van der Waals surface area contributed by atoms with Crippen molar-refractivity contribution in [1.29, 1.82) is 0 Å². The van der Waals surface area contributed by atoms with Gasteiger partial charge in [-0.2, -0.15) is 0 Å². The molecule has 0 bridgehead atoms. The number of benzene rings is 3. The third-order valence-electron chi connectivity index (χ3n) is 7.35. The Morgan fingerprint density at radius 1 is 0.860 bits per heavy atom. The Labute approximate surface area is 252 Å². The number of aryl methyl sites for hydroxylation is 1. The summed E-state index contributed by atoms with van der Waals surface area (Å²) in [5, 5.41) is 2.93. The van der Waals surface area contributed by atoms with Crippen LogP contribution in [0.4, 0.5) is 10.5 Å². The average molecular weight is 579 g/mol. The number of nitrogens with one attached hydrogen (secondary N) is 1. The Hall–Kier alpha value is -4.85. The lowest BCUT2D eigenvalue weighted by molar-refractivity contribution is -0.117. The monoisotopic (exact) mass is 578 g/mol. The molecule has 1 saturated heterocycles. The number of anilines is 1. The molecule has 1 aliphatic rings. The maximum Gasteiger partial charge on any atom is 0.410 e. The Morgan fingerprint density at radius 3 is 2.09 bits per heavy atom. The molecule has 1 aromatic heterocycles. The van der Waals surface area contributed by atoms with E-state index in [1.54, 1.807) is 9.80 Å². The molecule has 3 amide bonds. The Morgan fingerprint density at radius 2 is 1.47 bits per heavy atom. The van der Waals surface area contributed by atoms with E-state index in [0.717, 1.165) is 22.6 Å². The molecule has 0 saturated carbocycles. The van der Waals surface area contributed by atoms with Gasteiger partial charge in [-0.1, -0.05) is 66.7 Å². The van der Waals surface area contributed by atoms with Crippen molar-refractivity contribution in [2.24, 2.45) is 0 Å². The molecule has 0 aliphatic carbocycles. The van der Waals surface area contributed by atoms with Crippen molar-refractivity contribution in [2.75, 3.05) is 25.0 Å². The first-order valence-electron chi connectivity index (χ1n) is 14.6. The Kier molecular flexibility index (Phi) is 8.66. The normalized spacial score (nSPS) is 15.2. The van der Waals surface area contributed by atoms with Crippen molar-refractivity contribution in [3.05, 3.63) is 108 Å². The second kappa shape index (κ2) is 12.6. The van der Waals surface area contributed by atoms with Gasteiger partial charge < -0.3 is 24.4 Å². The van der Waals surface area contributed by atoms with Crippen LogP contribution in [0.2, 0.25) is 0 Å². The summed E-state index contributed by atoms with van der Waals surface area (Å²) in [5.74, 6) is -0.417. The standard InChI is InChI=1S/C35H38N4O4/c1-25-22-30(32(26-14-8-5-9-15-26)39(25)28-18-12-7-13-19-28)33(41)38-21-20-37(34(42)43-35(2,3)4)24-29(38)23-31(40)36-27-16-10-6-11-17-27/h5-19,22,29H,20-21,23-24H2,1-4H3,(H,36,40). The first-order chi connectivity index (χ1) is 20.6. The highest BCUT2D eigenvalue weighted by molar-refractivity contribution is 6.02. The predicted molar refractivity (Wildman–Crippen MR) is 168 cm³/mol. The molecule has 1 aliphatic heterocycles. The van der Waals surface area contributed by atoms with Gasteiger partial charge in [0.05, 0.1) is 17.3 Å². The molecule has 43 heavy (non-hydrogen) atoms. The number of ether oxygens (including phenoxy) is 1. The topological polar surface area (TPSA) is 83.9 Å². The smallest absolute Gasteiger partial charge is 0.410 e. The zero-order chi connectivity index (χ0) is 30.6. The number of carbonyl (C=O) groups excluding carboxylic acids is 3. The highest BCUT2D eigenvalue weighted by Gasteiger charge is 2.37. The van der Waals surface area contributed by atoms with Crippen LogP contribution in [-0.4, -0.2) is 63.6 Å².